The molecule has 0 aromatic carbocycles. The number of pyridine rings is 1. The number of hydrogen-bond donors (Lipinski definition) is 1. The van der Waals surface area contributed by atoms with Gasteiger partial charge in [0.1, 0.15) is 6.10 Å². The van der Waals surface area contributed by atoms with E-state index in [1.807, 2.05) is 36.6 Å². The highest BCUT2D eigenvalue weighted by Gasteiger charge is 2.24. The number of aromatic nitrogens is 1. The van der Waals surface area contributed by atoms with Crippen molar-refractivity contribution in [1.29, 1.82) is 0 Å². The Labute approximate surface area is 134 Å². The predicted octanol–water partition coefficient (Wildman–Crippen LogP) is 3.57. The summed E-state index contributed by atoms with van der Waals surface area (Å²) in [5.74, 6) is 0.733. The zero-order chi connectivity index (χ0) is 15.4. The van der Waals surface area contributed by atoms with E-state index in [1.54, 1.807) is 6.20 Å². The number of hydrogen-bond acceptors (Lipinski definition) is 4. The number of nitrogens with zero attached hydrogens (tertiary/aromatic N) is 1. The molecule has 1 fully saturated rings. The van der Waals surface area contributed by atoms with Crippen molar-refractivity contribution < 1.29 is 9.53 Å². The van der Waals surface area contributed by atoms with Gasteiger partial charge >= 0.3 is 0 Å². The van der Waals surface area contributed by atoms with Gasteiger partial charge in [-0.3, -0.25) is 4.79 Å². The zero-order valence-electron chi connectivity index (χ0n) is 12.6. The fraction of sp³-hybridized carbons (Fsp3) is 0.412. The van der Waals surface area contributed by atoms with Crippen LogP contribution < -0.4 is 10.1 Å². The number of thiophene rings is 1. The maximum absolute atomic E-state index is 12.2. The molecule has 116 valence electrons. The molecule has 0 atom stereocenters. The Balaban J connectivity index is 1.46. The lowest BCUT2D eigenvalue weighted by Crippen LogP contribution is -2.39. The molecule has 0 aliphatic heterocycles. The molecule has 0 spiro atoms. The monoisotopic (exact) mass is 316 g/mol. The number of nitrogens with one attached hydrogen (secondary N) is 1. The summed E-state index contributed by atoms with van der Waals surface area (Å²) in [6, 6.07) is 7.88. The van der Waals surface area contributed by atoms with Crippen LogP contribution in [0.25, 0.3) is 0 Å². The van der Waals surface area contributed by atoms with Crippen LogP contribution in [0.3, 0.4) is 0 Å². The molecule has 3 rings (SSSR count). The third-order valence-corrected chi connectivity index (χ3v) is 4.94. The number of ether oxygens (including phenoxy) is 1. The molecule has 4 nitrogen and oxygen atoms in total. The number of carbonyl (C=O) groups excluding carboxylic acids is 1. The largest absolute Gasteiger partial charge is 0.474 e. The van der Waals surface area contributed by atoms with Crippen LogP contribution in [-0.4, -0.2) is 23.0 Å². The molecule has 0 radical (unpaired) electrons. The van der Waals surface area contributed by atoms with E-state index in [0.717, 1.165) is 36.1 Å². The van der Waals surface area contributed by atoms with Crippen molar-refractivity contribution in [3.8, 4) is 5.88 Å². The average Bonchev–Trinajstić information content (AvgIpc) is 2.97. The van der Waals surface area contributed by atoms with Crippen LogP contribution in [0.15, 0.2) is 35.8 Å². The Morgan fingerprint density at radius 1 is 1.32 bits per heavy atom. The second-order valence-electron chi connectivity index (χ2n) is 5.72. The van der Waals surface area contributed by atoms with Crippen LogP contribution in [0.5, 0.6) is 5.88 Å². The fourth-order valence-corrected chi connectivity index (χ4v) is 3.52. The van der Waals surface area contributed by atoms with Crippen LogP contribution in [-0.2, 0) is 0 Å². The minimum absolute atomic E-state index is 0.0483. The minimum Gasteiger partial charge on any atom is -0.474 e. The predicted molar refractivity (Wildman–Crippen MR) is 87.4 cm³/mol. The first kappa shape index (κ1) is 15.0. The molecule has 1 aliphatic rings. The van der Waals surface area contributed by atoms with E-state index in [1.165, 1.54) is 11.3 Å². The molecule has 0 unspecified atom stereocenters. The third-order valence-electron chi connectivity index (χ3n) is 3.89. The van der Waals surface area contributed by atoms with E-state index >= 15 is 0 Å². The highest BCUT2D eigenvalue weighted by Crippen LogP contribution is 2.23. The molecule has 1 aliphatic carbocycles. The van der Waals surface area contributed by atoms with E-state index in [4.69, 9.17) is 4.74 Å². The number of carbonyl (C=O) groups is 1. The lowest BCUT2D eigenvalue weighted by molar-refractivity contribution is 0.0894. The van der Waals surface area contributed by atoms with Gasteiger partial charge in [0.15, 0.2) is 0 Å². The highest BCUT2D eigenvalue weighted by atomic mass is 32.1. The standard InChI is InChI=1S/C17H20N2O2S/c1-12-10-15(22-11-12)17(20)19-13-5-7-14(8-6-13)21-16-4-2-3-9-18-16/h2-4,9-11,13-14H,5-8H2,1H3,(H,19,20). The smallest absolute Gasteiger partial charge is 0.261 e. The van der Waals surface area contributed by atoms with Crippen molar-refractivity contribution in [2.75, 3.05) is 0 Å². The molecule has 0 saturated heterocycles. The molecular formula is C17H20N2O2S. The molecule has 1 saturated carbocycles. The van der Waals surface area contributed by atoms with Crippen molar-refractivity contribution in [3.05, 3.63) is 46.3 Å². The van der Waals surface area contributed by atoms with Crippen molar-refractivity contribution in [1.82, 2.24) is 10.3 Å². The Morgan fingerprint density at radius 3 is 2.77 bits per heavy atom. The van der Waals surface area contributed by atoms with Crippen LogP contribution in [0.1, 0.15) is 40.9 Å². The van der Waals surface area contributed by atoms with Gasteiger partial charge in [-0.1, -0.05) is 6.07 Å². The summed E-state index contributed by atoms with van der Waals surface area (Å²) in [6.07, 6.45) is 5.74. The van der Waals surface area contributed by atoms with Gasteiger partial charge in [0, 0.05) is 18.3 Å². The molecule has 5 heteroatoms. The summed E-state index contributed by atoms with van der Waals surface area (Å²) >= 11 is 1.50. The number of rotatable bonds is 4. The first-order valence-corrected chi connectivity index (χ1v) is 8.52. The number of amides is 1. The quantitative estimate of drug-likeness (QED) is 0.938. The van der Waals surface area contributed by atoms with Gasteiger partial charge in [0.05, 0.1) is 4.88 Å². The van der Waals surface area contributed by atoms with Gasteiger partial charge in [-0.15, -0.1) is 11.3 Å². The first-order valence-electron chi connectivity index (χ1n) is 7.64. The van der Waals surface area contributed by atoms with E-state index in [9.17, 15) is 4.79 Å². The van der Waals surface area contributed by atoms with Gasteiger partial charge in [-0.2, -0.15) is 0 Å². The summed E-state index contributed by atoms with van der Waals surface area (Å²) in [6.45, 7) is 2.01. The molecule has 1 amide bonds. The Hall–Kier alpha value is -1.88. The van der Waals surface area contributed by atoms with Crippen LogP contribution in [0, 0.1) is 6.92 Å². The molecule has 2 aromatic heterocycles. The Bertz CT molecular complexity index is 619. The van der Waals surface area contributed by atoms with Crippen LogP contribution in [0.4, 0.5) is 0 Å². The van der Waals surface area contributed by atoms with Crippen LogP contribution >= 0.6 is 11.3 Å². The first-order chi connectivity index (χ1) is 10.7. The summed E-state index contributed by atoms with van der Waals surface area (Å²) in [7, 11) is 0. The minimum atomic E-state index is 0.0483. The molecule has 1 N–H and O–H groups in total. The van der Waals surface area contributed by atoms with E-state index in [2.05, 4.69) is 10.3 Å². The maximum atomic E-state index is 12.2. The molecule has 0 bridgehead atoms. The lowest BCUT2D eigenvalue weighted by Gasteiger charge is -2.29. The van der Waals surface area contributed by atoms with Gasteiger partial charge < -0.3 is 10.1 Å². The summed E-state index contributed by atoms with van der Waals surface area (Å²) in [5, 5.41) is 5.14. The molecule has 22 heavy (non-hydrogen) atoms. The zero-order valence-corrected chi connectivity index (χ0v) is 13.4. The highest BCUT2D eigenvalue weighted by molar-refractivity contribution is 7.12. The Morgan fingerprint density at radius 2 is 2.14 bits per heavy atom. The van der Waals surface area contributed by atoms with Gasteiger partial charge in [-0.05, 0) is 55.7 Å². The van der Waals surface area contributed by atoms with Crippen molar-refractivity contribution in [2.24, 2.45) is 0 Å². The fourth-order valence-electron chi connectivity index (χ4n) is 2.72. The van der Waals surface area contributed by atoms with Crippen molar-refractivity contribution in [3.63, 3.8) is 0 Å². The van der Waals surface area contributed by atoms with Crippen molar-refractivity contribution >= 4 is 17.2 Å². The second-order valence-corrected chi connectivity index (χ2v) is 6.63. The maximum Gasteiger partial charge on any atom is 0.261 e. The van der Waals surface area contributed by atoms with Gasteiger partial charge in [0.25, 0.3) is 5.91 Å². The van der Waals surface area contributed by atoms with E-state index in [-0.39, 0.29) is 18.1 Å². The van der Waals surface area contributed by atoms with Crippen LogP contribution in [0.2, 0.25) is 0 Å². The topological polar surface area (TPSA) is 51.2 Å². The van der Waals surface area contributed by atoms with Crippen molar-refractivity contribution in [2.45, 2.75) is 44.8 Å². The summed E-state index contributed by atoms with van der Waals surface area (Å²) in [4.78, 5) is 17.1. The SMILES string of the molecule is Cc1csc(C(=O)NC2CCC(Oc3ccccn3)CC2)c1. The molecule has 2 heterocycles. The third kappa shape index (κ3) is 3.85. The average molecular weight is 316 g/mol. The lowest BCUT2D eigenvalue weighted by atomic mass is 9.93. The summed E-state index contributed by atoms with van der Waals surface area (Å²) < 4.78 is 5.87. The van der Waals surface area contributed by atoms with E-state index < -0.39 is 0 Å². The normalized spacial score (nSPS) is 21.3. The van der Waals surface area contributed by atoms with Gasteiger partial charge in [-0.25, -0.2) is 4.98 Å². The number of aryl methyl sites for hydroxylation is 1. The van der Waals surface area contributed by atoms with E-state index in [0.29, 0.717) is 5.88 Å². The Kier molecular flexibility index (Phi) is 4.73. The summed E-state index contributed by atoms with van der Waals surface area (Å²) in [5.41, 5.74) is 1.14. The second kappa shape index (κ2) is 6.92. The van der Waals surface area contributed by atoms with Gasteiger partial charge in [0.2, 0.25) is 5.88 Å². The molecule has 2 aromatic rings. The molecular weight excluding hydrogens is 296 g/mol.